The van der Waals surface area contributed by atoms with E-state index in [4.69, 9.17) is 5.73 Å². The Balaban J connectivity index is 2.36. The van der Waals surface area contributed by atoms with Crippen LogP contribution in [0, 0.1) is 0 Å². The molecule has 18 heavy (non-hydrogen) atoms. The summed E-state index contributed by atoms with van der Waals surface area (Å²) in [5.74, 6) is 0. The molecule has 0 unspecified atom stereocenters. The van der Waals surface area contributed by atoms with Crippen LogP contribution in [0.1, 0.15) is 25.8 Å². The molecule has 96 valence electrons. The van der Waals surface area contributed by atoms with Gasteiger partial charge in [-0.1, -0.05) is 19.9 Å². The van der Waals surface area contributed by atoms with E-state index in [2.05, 4.69) is 29.8 Å². The van der Waals surface area contributed by atoms with Crippen molar-refractivity contribution in [3.8, 4) is 0 Å². The number of hydrogen-bond acceptors (Lipinski definition) is 3. The van der Waals surface area contributed by atoms with Crippen molar-refractivity contribution in [3.63, 3.8) is 0 Å². The Morgan fingerprint density at radius 2 is 2.06 bits per heavy atom. The Labute approximate surface area is 109 Å². The standard InChI is InChI=1S/C15H21N3/c1-3-10-18(4-2)11-12-7-8-14(16)13-6-5-9-17-15(12)13/h5-9H,3-4,10-11,16H2,1-2H3. The van der Waals surface area contributed by atoms with Crippen molar-refractivity contribution in [1.29, 1.82) is 0 Å². The van der Waals surface area contributed by atoms with Crippen molar-refractivity contribution < 1.29 is 0 Å². The van der Waals surface area contributed by atoms with Crippen LogP contribution in [-0.4, -0.2) is 23.0 Å². The van der Waals surface area contributed by atoms with Gasteiger partial charge in [0.25, 0.3) is 0 Å². The summed E-state index contributed by atoms with van der Waals surface area (Å²) >= 11 is 0. The van der Waals surface area contributed by atoms with Crippen LogP contribution >= 0.6 is 0 Å². The Morgan fingerprint density at radius 1 is 1.22 bits per heavy atom. The van der Waals surface area contributed by atoms with Crippen molar-refractivity contribution >= 4 is 16.6 Å². The number of hydrogen-bond donors (Lipinski definition) is 1. The number of nitrogen functional groups attached to an aromatic ring is 1. The summed E-state index contributed by atoms with van der Waals surface area (Å²) in [6.45, 7) is 7.53. The quantitative estimate of drug-likeness (QED) is 0.821. The predicted molar refractivity (Wildman–Crippen MR) is 77.4 cm³/mol. The molecule has 0 aliphatic heterocycles. The summed E-state index contributed by atoms with van der Waals surface area (Å²) in [6.07, 6.45) is 3.01. The molecule has 0 spiro atoms. The van der Waals surface area contributed by atoms with Gasteiger partial charge in [0.1, 0.15) is 0 Å². The minimum atomic E-state index is 0.806. The van der Waals surface area contributed by atoms with Gasteiger partial charge in [0, 0.05) is 23.8 Å². The van der Waals surface area contributed by atoms with E-state index >= 15 is 0 Å². The molecular formula is C15H21N3. The highest BCUT2D eigenvalue weighted by Crippen LogP contribution is 2.23. The molecule has 2 rings (SSSR count). The van der Waals surface area contributed by atoms with Gasteiger partial charge >= 0.3 is 0 Å². The molecular weight excluding hydrogens is 222 g/mol. The SMILES string of the molecule is CCCN(CC)Cc1ccc(N)c2cccnc12. The van der Waals surface area contributed by atoms with Crippen LogP contribution in [0.2, 0.25) is 0 Å². The third-order valence-corrected chi connectivity index (χ3v) is 3.27. The van der Waals surface area contributed by atoms with Crippen molar-refractivity contribution in [1.82, 2.24) is 9.88 Å². The zero-order chi connectivity index (χ0) is 13.0. The van der Waals surface area contributed by atoms with Gasteiger partial charge < -0.3 is 5.73 Å². The summed E-state index contributed by atoms with van der Waals surface area (Å²) in [5.41, 5.74) is 9.09. The molecule has 1 heterocycles. The molecule has 1 aromatic heterocycles. The van der Waals surface area contributed by atoms with Gasteiger partial charge in [-0.2, -0.15) is 0 Å². The van der Waals surface area contributed by atoms with Gasteiger partial charge in [0.2, 0.25) is 0 Å². The minimum absolute atomic E-state index is 0.806. The maximum Gasteiger partial charge on any atom is 0.0767 e. The highest BCUT2D eigenvalue weighted by atomic mass is 15.1. The van der Waals surface area contributed by atoms with Gasteiger partial charge in [0.05, 0.1) is 5.52 Å². The normalized spacial score (nSPS) is 11.3. The van der Waals surface area contributed by atoms with E-state index in [1.165, 1.54) is 12.0 Å². The maximum atomic E-state index is 5.99. The van der Waals surface area contributed by atoms with Crippen LogP contribution in [0.4, 0.5) is 5.69 Å². The highest BCUT2D eigenvalue weighted by Gasteiger charge is 2.08. The first-order valence-electron chi connectivity index (χ1n) is 6.60. The first-order valence-corrected chi connectivity index (χ1v) is 6.60. The number of rotatable bonds is 5. The van der Waals surface area contributed by atoms with E-state index < -0.39 is 0 Å². The summed E-state index contributed by atoms with van der Waals surface area (Å²) in [5, 5.41) is 1.06. The summed E-state index contributed by atoms with van der Waals surface area (Å²) in [7, 11) is 0. The Morgan fingerprint density at radius 3 is 2.78 bits per heavy atom. The van der Waals surface area contributed by atoms with Crippen LogP contribution in [0.25, 0.3) is 10.9 Å². The number of nitrogens with zero attached hydrogens (tertiary/aromatic N) is 2. The number of nitrogens with two attached hydrogens (primary N) is 1. The van der Waals surface area contributed by atoms with Gasteiger partial charge in [-0.05, 0) is 43.3 Å². The lowest BCUT2D eigenvalue weighted by atomic mass is 10.1. The van der Waals surface area contributed by atoms with E-state index in [0.717, 1.165) is 36.2 Å². The van der Waals surface area contributed by atoms with Crippen LogP contribution in [0.3, 0.4) is 0 Å². The van der Waals surface area contributed by atoms with E-state index in [1.807, 2.05) is 24.4 Å². The van der Waals surface area contributed by atoms with E-state index in [-0.39, 0.29) is 0 Å². The minimum Gasteiger partial charge on any atom is -0.398 e. The second-order valence-electron chi connectivity index (χ2n) is 4.58. The zero-order valence-electron chi connectivity index (χ0n) is 11.2. The topological polar surface area (TPSA) is 42.1 Å². The lowest BCUT2D eigenvalue weighted by molar-refractivity contribution is 0.281. The fourth-order valence-electron chi connectivity index (χ4n) is 2.29. The Bertz CT molecular complexity index is 522. The molecule has 0 radical (unpaired) electrons. The fraction of sp³-hybridized carbons (Fsp3) is 0.400. The van der Waals surface area contributed by atoms with Crippen LogP contribution in [0.15, 0.2) is 30.5 Å². The molecule has 0 bridgehead atoms. The van der Waals surface area contributed by atoms with Crippen LogP contribution < -0.4 is 5.73 Å². The van der Waals surface area contributed by atoms with E-state index in [0.29, 0.717) is 0 Å². The van der Waals surface area contributed by atoms with Crippen molar-refractivity contribution in [2.75, 3.05) is 18.8 Å². The molecule has 2 N–H and O–H groups in total. The van der Waals surface area contributed by atoms with Gasteiger partial charge in [-0.3, -0.25) is 9.88 Å². The summed E-state index contributed by atoms with van der Waals surface area (Å²) in [6, 6.07) is 8.06. The average Bonchev–Trinajstić information content (AvgIpc) is 2.41. The third kappa shape index (κ3) is 2.62. The van der Waals surface area contributed by atoms with Crippen molar-refractivity contribution in [3.05, 3.63) is 36.0 Å². The Kier molecular flexibility index (Phi) is 4.15. The molecule has 0 atom stereocenters. The number of aromatic nitrogens is 1. The summed E-state index contributed by atoms with van der Waals surface area (Å²) < 4.78 is 0. The first kappa shape index (κ1) is 12.8. The second kappa shape index (κ2) is 5.83. The highest BCUT2D eigenvalue weighted by molar-refractivity contribution is 5.92. The smallest absolute Gasteiger partial charge is 0.0767 e. The lowest BCUT2D eigenvalue weighted by Crippen LogP contribution is -2.23. The molecule has 0 saturated carbocycles. The lowest BCUT2D eigenvalue weighted by Gasteiger charge is -2.20. The molecule has 0 fully saturated rings. The summed E-state index contributed by atoms with van der Waals surface area (Å²) in [4.78, 5) is 6.91. The zero-order valence-corrected chi connectivity index (χ0v) is 11.2. The maximum absolute atomic E-state index is 5.99. The molecule has 2 aromatic rings. The average molecular weight is 243 g/mol. The molecule has 0 aliphatic carbocycles. The monoisotopic (exact) mass is 243 g/mol. The number of pyridine rings is 1. The molecule has 0 saturated heterocycles. The number of fused-ring (bicyclic) bond motifs is 1. The number of benzene rings is 1. The van der Waals surface area contributed by atoms with Crippen LogP contribution in [-0.2, 0) is 6.54 Å². The molecule has 1 aromatic carbocycles. The number of anilines is 1. The fourth-order valence-corrected chi connectivity index (χ4v) is 2.29. The predicted octanol–water partition coefficient (Wildman–Crippen LogP) is 3.05. The van der Waals surface area contributed by atoms with Gasteiger partial charge in [0.15, 0.2) is 0 Å². The van der Waals surface area contributed by atoms with Crippen LogP contribution in [0.5, 0.6) is 0 Å². The second-order valence-corrected chi connectivity index (χ2v) is 4.58. The molecule has 3 heteroatoms. The van der Waals surface area contributed by atoms with Crippen molar-refractivity contribution in [2.45, 2.75) is 26.8 Å². The van der Waals surface area contributed by atoms with Crippen molar-refractivity contribution in [2.24, 2.45) is 0 Å². The molecule has 0 aliphatic rings. The third-order valence-electron chi connectivity index (χ3n) is 3.27. The van der Waals surface area contributed by atoms with E-state index in [1.54, 1.807) is 0 Å². The first-order chi connectivity index (χ1) is 8.76. The van der Waals surface area contributed by atoms with E-state index in [9.17, 15) is 0 Å². The molecule has 0 amide bonds. The Hall–Kier alpha value is -1.61. The largest absolute Gasteiger partial charge is 0.398 e. The molecule has 3 nitrogen and oxygen atoms in total. The van der Waals surface area contributed by atoms with Gasteiger partial charge in [-0.15, -0.1) is 0 Å². The van der Waals surface area contributed by atoms with Gasteiger partial charge in [-0.25, -0.2) is 0 Å².